The van der Waals surface area contributed by atoms with E-state index in [2.05, 4.69) is 30.4 Å². The second-order valence-electron chi connectivity index (χ2n) is 3.02. The smallest absolute Gasteiger partial charge is 0.0375 e. The molecule has 0 spiro atoms. The fraction of sp³-hybridized carbons (Fsp3) is 0.300. The Morgan fingerprint density at radius 1 is 1.36 bits per heavy atom. The molecule has 0 saturated carbocycles. The molecule has 1 radical (unpaired) electrons. The lowest BCUT2D eigenvalue weighted by Gasteiger charge is -2.17. The molecule has 11 heavy (non-hydrogen) atoms. The van der Waals surface area contributed by atoms with Gasteiger partial charge in [0.05, 0.1) is 0 Å². The van der Waals surface area contributed by atoms with Crippen LogP contribution in [-0.4, -0.2) is 6.54 Å². The lowest BCUT2D eigenvalue weighted by atomic mass is 10.0. The van der Waals surface area contributed by atoms with Gasteiger partial charge in [0.1, 0.15) is 0 Å². The molecule has 57 valence electrons. The van der Waals surface area contributed by atoms with Crippen LogP contribution in [0, 0.1) is 6.92 Å². The predicted molar refractivity (Wildman–Crippen MR) is 47.7 cm³/mol. The van der Waals surface area contributed by atoms with Gasteiger partial charge in [-0.05, 0) is 37.0 Å². The maximum Gasteiger partial charge on any atom is 0.0375 e. The summed E-state index contributed by atoms with van der Waals surface area (Å²) in [6.45, 7) is 5.00. The maximum atomic E-state index is 3.89. The molecule has 1 aromatic carbocycles. The molecule has 1 aliphatic heterocycles. The van der Waals surface area contributed by atoms with Gasteiger partial charge in [0.15, 0.2) is 0 Å². The van der Waals surface area contributed by atoms with Gasteiger partial charge < -0.3 is 5.32 Å². The van der Waals surface area contributed by atoms with E-state index in [0.717, 1.165) is 12.1 Å². The monoisotopic (exact) mass is 146 g/mol. The van der Waals surface area contributed by atoms with Crippen molar-refractivity contribution in [3.8, 4) is 0 Å². The van der Waals surface area contributed by atoms with E-state index in [0.29, 0.717) is 0 Å². The maximum absolute atomic E-state index is 3.89. The lowest BCUT2D eigenvalue weighted by molar-refractivity contribution is 0.830. The number of aryl methyl sites for hydroxylation is 1. The highest BCUT2D eigenvalue weighted by Gasteiger charge is 2.06. The van der Waals surface area contributed by atoms with Crippen molar-refractivity contribution in [3.63, 3.8) is 0 Å². The molecule has 1 nitrogen and oxygen atoms in total. The minimum absolute atomic E-state index is 1.10. The minimum atomic E-state index is 1.10. The first-order chi connectivity index (χ1) is 5.36. The Kier molecular flexibility index (Phi) is 1.57. The first-order valence-corrected chi connectivity index (χ1v) is 4.05. The van der Waals surface area contributed by atoms with E-state index >= 15 is 0 Å². The van der Waals surface area contributed by atoms with E-state index in [9.17, 15) is 0 Å². The Labute approximate surface area is 67.4 Å². The van der Waals surface area contributed by atoms with Gasteiger partial charge in [0, 0.05) is 12.2 Å². The molecular formula is C10H12N. The molecule has 1 heteroatoms. The van der Waals surface area contributed by atoms with E-state index in [1.165, 1.54) is 24.1 Å². The molecule has 1 aromatic rings. The molecule has 0 amide bonds. The first-order valence-electron chi connectivity index (χ1n) is 4.05. The summed E-state index contributed by atoms with van der Waals surface area (Å²) >= 11 is 0. The van der Waals surface area contributed by atoms with E-state index in [1.54, 1.807) is 0 Å². The summed E-state index contributed by atoms with van der Waals surface area (Å²) in [5.41, 5.74) is 3.81. The first kappa shape index (κ1) is 6.71. The number of hydrogen-bond acceptors (Lipinski definition) is 1. The van der Waals surface area contributed by atoms with Gasteiger partial charge in [0.2, 0.25) is 0 Å². The Bertz CT molecular complexity index is 266. The molecular weight excluding hydrogens is 134 g/mol. The zero-order chi connectivity index (χ0) is 7.68. The van der Waals surface area contributed by atoms with E-state index < -0.39 is 0 Å². The van der Waals surface area contributed by atoms with Gasteiger partial charge in [-0.15, -0.1) is 0 Å². The predicted octanol–water partition coefficient (Wildman–Crippen LogP) is 2.23. The highest BCUT2D eigenvalue weighted by atomic mass is 14.9. The van der Waals surface area contributed by atoms with Crippen molar-refractivity contribution < 1.29 is 0 Å². The van der Waals surface area contributed by atoms with E-state index in [4.69, 9.17) is 0 Å². The summed E-state index contributed by atoms with van der Waals surface area (Å²) in [5.74, 6) is 0. The van der Waals surface area contributed by atoms with Crippen molar-refractivity contribution in [2.75, 3.05) is 11.9 Å². The molecule has 0 atom stereocenters. The molecule has 0 unspecified atom stereocenters. The van der Waals surface area contributed by atoms with Crippen LogP contribution in [0.2, 0.25) is 0 Å². The Balaban J connectivity index is 2.43. The normalized spacial score (nSPS) is 15.4. The zero-order valence-electron chi connectivity index (χ0n) is 6.56. The Morgan fingerprint density at radius 2 is 2.27 bits per heavy atom. The van der Waals surface area contributed by atoms with Crippen LogP contribution in [0.1, 0.15) is 17.5 Å². The Hall–Kier alpha value is -0.980. The molecule has 1 aliphatic rings. The average molecular weight is 146 g/mol. The third kappa shape index (κ3) is 1.23. The van der Waals surface area contributed by atoms with Gasteiger partial charge in [-0.1, -0.05) is 12.1 Å². The van der Waals surface area contributed by atoms with Crippen molar-refractivity contribution in [2.45, 2.75) is 12.8 Å². The number of fused-ring (bicyclic) bond motifs is 1. The number of nitrogens with one attached hydrogen (secondary N) is 1. The summed E-state index contributed by atoms with van der Waals surface area (Å²) in [7, 11) is 0. The SMILES string of the molecule is [CH2]c1ccc2c(c1)NCCC2. The van der Waals surface area contributed by atoms with Crippen LogP contribution >= 0.6 is 0 Å². The summed E-state index contributed by atoms with van der Waals surface area (Å²) in [5, 5.41) is 3.36. The summed E-state index contributed by atoms with van der Waals surface area (Å²) < 4.78 is 0. The van der Waals surface area contributed by atoms with Gasteiger partial charge in [0.25, 0.3) is 0 Å². The largest absolute Gasteiger partial charge is 0.385 e. The quantitative estimate of drug-likeness (QED) is 0.591. The van der Waals surface area contributed by atoms with Crippen molar-refractivity contribution >= 4 is 5.69 Å². The fourth-order valence-electron chi connectivity index (χ4n) is 1.51. The van der Waals surface area contributed by atoms with Crippen LogP contribution in [0.25, 0.3) is 0 Å². The minimum Gasteiger partial charge on any atom is -0.385 e. The van der Waals surface area contributed by atoms with Crippen LogP contribution in [0.5, 0.6) is 0 Å². The number of benzene rings is 1. The van der Waals surface area contributed by atoms with Crippen LogP contribution in [0.3, 0.4) is 0 Å². The molecule has 1 heterocycles. The highest BCUT2D eigenvalue weighted by molar-refractivity contribution is 5.55. The van der Waals surface area contributed by atoms with Crippen molar-refractivity contribution in [1.82, 2.24) is 0 Å². The van der Waals surface area contributed by atoms with Crippen molar-refractivity contribution in [3.05, 3.63) is 36.2 Å². The summed E-state index contributed by atoms with van der Waals surface area (Å²) in [6, 6.07) is 6.37. The average Bonchev–Trinajstić information content (AvgIpc) is 2.04. The molecule has 2 rings (SSSR count). The van der Waals surface area contributed by atoms with Crippen molar-refractivity contribution in [1.29, 1.82) is 0 Å². The second kappa shape index (κ2) is 2.57. The van der Waals surface area contributed by atoms with Crippen LogP contribution in [0.4, 0.5) is 5.69 Å². The molecule has 1 N–H and O–H groups in total. The Morgan fingerprint density at radius 3 is 3.18 bits per heavy atom. The highest BCUT2D eigenvalue weighted by Crippen LogP contribution is 2.22. The van der Waals surface area contributed by atoms with Crippen LogP contribution in [-0.2, 0) is 6.42 Å². The molecule has 0 fully saturated rings. The summed E-state index contributed by atoms with van der Waals surface area (Å²) in [4.78, 5) is 0. The van der Waals surface area contributed by atoms with Gasteiger partial charge in [-0.25, -0.2) is 0 Å². The van der Waals surface area contributed by atoms with Crippen molar-refractivity contribution in [2.24, 2.45) is 0 Å². The zero-order valence-corrected chi connectivity index (χ0v) is 6.56. The third-order valence-electron chi connectivity index (χ3n) is 2.11. The lowest BCUT2D eigenvalue weighted by Crippen LogP contribution is -2.11. The number of anilines is 1. The van der Waals surface area contributed by atoms with Crippen LogP contribution < -0.4 is 5.32 Å². The van der Waals surface area contributed by atoms with E-state index in [1.807, 2.05) is 0 Å². The van der Waals surface area contributed by atoms with E-state index in [-0.39, 0.29) is 0 Å². The topological polar surface area (TPSA) is 12.0 Å². The van der Waals surface area contributed by atoms with Gasteiger partial charge in [-0.2, -0.15) is 0 Å². The van der Waals surface area contributed by atoms with Gasteiger partial charge >= 0.3 is 0 Å². The molecule has 0 saturated heterocycles. The second-order valence-corrected chi connectivity index (χ2v) is 3.02. The number of rotatable bonds is 0. The molecule has 0 aliphatic carbocycles. The molecule has 0 bridgehead atoms. The fourth-order valence-corrected chi connectivity index (χ4v) is 1.51. The standard InChI is InChI=1S/C10H12N/c1-8-4-5-9-3-2-6-11-10(9)7-8/h4-5,7,11H,1-3,6H2. The van der Waals surface area contributed by atoms with Crippen LogP contribution in [0.15, 0.2) is 18.2 Å². The molecule has 0 aromatic heterocycles. The summed E-state index contributed by atoms with van der Waals surface area (Å²) in [6.07, 6.45) is 2.46. The third-order valence-corrected chi connectivity index (χ3v) is 2.11. The number of hydrogen-bond donors (Lipinski definition) is 1. The van der Waals surface area contributed by atoms with Gasteiger partial charge in [-0.3, -0.25) is 0 Å².